The first-order chi connectivity index (χ1) is 11.7. The number of hydrogen-bond donors (Lipinski definition) is 2. The molecular weight excluding hydrogens is 306 g/mol. The molecule has 1 aliphatic rings. The number of amides is 2. The van der Waals surface area contributed by atoms with Crippen LogP contribution in [0.3, 0.4) is 0 Å². The van der Waals surface area contributed by atoms with E-state index in [0.29, 0.717) is 19.8 Å². The third kappa shape index (κ3) is 4.22. The van der Waals surface area contributed by atoms with Gasteiger partial charge < -0.3 is 24.7 Å². The molecule has 6 heteroatoms. The van der Waals surface area contributed by atoms with Gasteiger partial charge in [-0.3, -0.25) is 0 Å². The van der Waals surface area contributed by atoms with Gasteiger partial charge in [-0.15, -0.1) is 0 Å². The van der Waals surface area contributed by atoms with Crippen LogP contribution in [0.25, 0.3) is 0 Å². The molecule has 2 aromatic rings. The van der Waals surface area contributed by atoms with Gasteiger partial charge in [0.25, 0.3) is 0 Å². The summed E-state index contributed by atoms with van der Waals surface area (Å²) in [6.45, 7) is 4.60. The highest BCUT2D eigenvalue weighted by atomic mass is 16.5. The Bertz CT molecular complexity index is 670. The average molecular weight is 329 g/mol. The van der Waals surface area contributed by atoms with Crippen molar-refractivity contribution < 1.29 is 14.3 Å². The van der Waals surface area contributed by atoms with Gasteiger partial charge in [0, 0.05) is 31.9 Å². The summed E-state index contributed by atoms with van der Waals surface area (Å²) in [7, 11) is 0. The molecule has 0 unspecified atom stereocenters. The van der Waals surface area contributed by atoms with Crippen molar-refractivity contribution in [2.24, 2.45) is 0 Å². The number of carbonyl (C=O) groups is 1. The van der Waals surface area contributed by atoms with Gasteiger partial charge in [-0.25, -0.2) is 4.79 Å². The third-order valence-electron chi connectivity index (χ3n) is 3.94. The Labute approximate surface area is 141 Å². The summed E-state index contributed by atoms with van der Waals surface area (Å²) in [6.07, 6.45) is 4.82. The number of hydrogen-bond acceptors (Lipinski definition) is 3. The van der Waals surface area contributed by atoms with Gasteiger partial charge in [0.2, 0.25) is 0 Å². The lowest BCUT2D eigenvalue weighted by atomic mass is 10.1. The van der Waals surface area contributed by atoms with E-state index in [-0.39, 0.29) is 12.1 Å². The summed E-state index contributed by atoms with van der Waals surface area (Å²) in [5.74, 6) is 1.51. The number of nitrogens with one attached hydrogen (secondary N) is 2. The molecule has 1 atom stereocenters. The summed E-state index contributed by atoms with van der Waals surface area (Å²) in [5.41, 5.74) is 0.986. The van der Waals surface area contributed by atoms with Crippen LogP contribution < -0.4 is 20.1 Å². The van der Waals surface area contributed by atoms with Gasteiger partial charge in [-0.05, 0) is 36.8 Å². The van der Waals surface area contributed by atoms with E-state index < -0.39 is 0 Å². The Hall–Kier alpha value is -2.63. The van der Waals surface area contributed by atoms with Gasteiger partial charge in [-0.2, -0.15) is 0 Å². The van der Waals surface area contributed by atoms with E-state index in [1.54, 1.807) is 0 Å². The van der Waals surface area contributed by atoms with Gasteiger partial charge in [0.15, 0.2) is 11.5 Å². The van der Waals surface area contributed by atoms with Crippen molar-refractivity contribution in [2.45, 2.75) is 25.9 Å². The Kier molecular flexibility index (Phi) is 5.25. The van der Waals surface area contributed by atoms with Crippen molar-refractivity contribution >= 4 is 6.03 Å². The van der Waals surface area contributed by atoms with E-state index in [1.165, 1.54) is 0 Å². The van der Waals surface area contributed by atoms with E-state index in [1.807, 2.05) is 54.2 Å². The van der Waals surface area contributed by atoms with Gasteiger partial charge in [-0.1, -0.05) is 6.07 Å². The topological polar surface area (TPSA) is 64.5 Å². The lowest BCUT2D eigenvalue weighted by molar-refractivity contribution is 0.237. The summed E-state index contributed by atoms with van der Waals surface area (Å²) >= 11 is 0. The number of nitrogens with zero attached hydrogens (tertiary/aromatic N) is 1. The normalized spacial score (nSPS) is 14.5. The van der Waals surface area contributed by atoms with Crippen LogP contribution in [0.15, 0.2) is 42.7 Å². The monoisotopic (exact) mass is 329 g/mol. The van der Waals surface area contributed by atoms with Crippen LogP contribution in [0.4, 0.5) is 4.79 Å². The van der Waals surface area contributed by atoms with Crippen LogP contribution in [0.1, 0.15) is 24.9 Å². The molecule has 24 heavy (non-hydrogen) atoms. The number of benzene rings is 1. The number of aromatic nitrogens is 1. The predicted octanol–water partition coefficient (Wildman–Crippen LogP) is 2.71. The molecule has 0 bridgehead atoms. The molecule has 0 spiro atoms. The quantitative estimate of drug-likeness (QED) is 0.886. The summed E-state index contributed by atoms with van der Waals surface area (Å²) < 4.78 is 13.3. The number of carbonyl (C=O) groups excluding carboxylic acids is 1. The molecule has 0 saturated carbocycles. The average Bonchev–Trinajstić information content (AvgIpc) is 2.98. The van der Waals surface area contributed by atoms with Crippen LogP contribution in [0, 0.1) is 0 Å². The minimum atomic E-state index is -0.179. The van der Waals surface area contributed by atoms with Gasteiger partial charge >= 0.3 is 6.03 Å². The standard InChI is InChI=1S/C18H23N3O3/c1-14(20-18(22)19-7-10-21-8-2-3-9-21)15-5-6-16-17(13-15)24-12-4-11-23-16/h2-3,5-6,8-9,13-14H,4,7,10-12H2,1H3,(H2,19,20,22)/t14-/m1/s1. The second-order valence-corrected chi connectivity index (χ2v) is 5.80. The SMILES string of the molecule is C[C@@H](NC(=O)NCCn1cccc1)c1ccc2c(c1)OCCCO2. The van der Waals surface area contributed by atoms with Gasteiger partial charge in [0.1, 0.15) is 0 Å². The van der Waals surface area contributed by atoms with E-state index in [9.17, 15) is 4.79 Å². The lowest BCUT2D eigenvalue weighted by Crippen LogP contribution is -2.38. The molecule has 128 valence electrons. The molecule has 0 radical (unpaired) electrons. The molecule has 1 aromatic heterocycles. The Morgan fingerprint density at radius 3 is 2.75 bits per heavy atom. The van der Waals surface area contributed by atoms with E-state index in [0.717, 1.165) is 30.0 Å². The maximum Gasteiger partial charge on any atom is 0.315 e. The molecule has 0 saturated heterocycles. The maximum absolute atomic E-state index is 12.0. The lowest BCUT2D eigenvalue weighted by Gasteiger charge is -2.17. The molecule has 2 heterocycles. The van der Waals surface area contributed by atoms with Crippen LogP contribution >= 0.6 is 0 Å². The Morgan fingerprint density at radius 1 is 1.21 bits per heavy atom. The highest BCUT2D eigenvalue weighted by molar-refractivity contribution is 5.74. The van der Waals surface area contributed by atoms with Crippen molar-refractivity contribution in [1.29, 1.82) is 0 Å². The van der Waals surface area contributed by atoms with Crippen LogP contribution in [-0.2, 0) is 6.54 Å². The van der Waals surface area contributed by atoms with Crippen molar-refractivity contribution in [2.75, 3.05) is 19.8 Å². The molecule has 6 nitrogen and oxygen atoms in total. The van der Waals surface area contributed by atoms with Crippen molar-refractivity contribution in [3.63, 3.8) is 0 Å². The number of ether oxygens (including phenoxy) is 2. The molecule has 2 amide bonds. The third-order valence-corrected chi connectivity index (χ3v) is 3.94. The predicted molar refractivity (Wildman–Crippen MR) is 91.4 cm³/mol. The molecular formula is C18H23N3O3. The van der Waals surface area contributed by atoms with Crippen LogP contribution in [0.2, 0.25) is 0 Å². The fourth-order valence-corrected chi connectivity index (χ4v) is 2.60. The summed E-state index contributed by atoms with van der Waals surface area (Å²) in [6, 6.07) is 9.43. The first-order valence-electron chi connectivity index (χ1n) is 8.27. The minimum absolute atomic E-state index is 0.117. The molecule has 3 rings (SSSR count). The zero-order valence-electron chi connectivity index (χ0n) is 13.8. The zero-order valence-corrected chi connectivity index (χ0v) is 13.8. The Balaban J connectivity index is 1.51. The van der Waals surface area contributed by atoms with E-state index >= 15 is 0 Å². The minimum Gasteiger partial charge on any atom is -0.490 e. The van der Waals surface area contributed by atoms with Crippen molar-refractivity contribution in [1.82, 2.24) is 15.2 Å². The molecule has 1 aromatic carbocycles. The summed E-state index contributed by atoms with van der Waals surface area (Å²) in [4.78, 5) is 12.0. The molecule has 0 aliphatic carbocycles. The highest BCUT2D eigenvalue weighted by Crippen LogP contribution is 2.32. The second-order valence-electron chi connectivity index (χ2n) is 5.80. The van der Waals surface area contributed by atoms with Crippen molar-refractivity contribution in [3.05, 3.63) is 48.3 Å². The second kappa shape index (κ2) is 7.77. The first kappa shape index (κ1) is 16.2. The zero-order chi connectivity index (χ0) is 16.8. The number of urea groups is 1. The van der Waals surface area contributed by atoms with Crippen molar-refractivity contribution in [3.8, 4) is 11.5 Å². The van der Waals surface area contributed by atoms with Crippen LogP contribution in [0.5, 0.6) is 11.5 Å². The molecule has 1 aliphatic heterocycles. The maximum atomic E-state index is 12.0. The van der Waals surface area contributed by atoms with Gasteiger partial charge in [0.05, 0.1) is 19.3 Å². The fourth-order valence-electron chi connectivity index (χ4n) is 2.60. The Morgan fingerprint density at radius 2 is 1.96 bits per heavy atom. The first-order valence-corrected chi connectivity index (χ1v) is 8.27. The highest BCUT2D eigenvalue weighted by Gasteiger charge is 2.15. The molecule has 0 fully saturated rings. The van der Waals surface area contributed by atoms with E-state index in [4.69, 9.17) is 9.47 Å². The van der Waals surface area contributed by atoms with E-state index in [2.05, 4.69) is 10.6 Å². The summed E-state index contributed by atoms with van der Waals surface area (Å²) in [5, 5.41) is 5.81. The van der Waals surface area contributed by atoms with Crippen LogP contribution in [-0.4, -0.2) is 30.4 Å². The smallest absolute Gasteiger partial charge is 0.315 e. The molecule has 2 N–H and O–H groups in total. The number of fused-ring (bicyclic) bond motifs is 1. The fraction of sp³-hybridized carbons (Fsp3) is 0.389. The number of rotatable bonds is 5. The largest absolute Gasteiger partial charge is 0.490 e.